The molecule has 0 aliphatic rings. The summed E-state index contributed by atoms with van der Waals surface area (Å²) in [5, 5.41) is 2.78. The van der Waals surface area contributed by atoms with E-state index in [1.807, 2.05) is 20.8 Å². The van der Waals surface area contributed by atoms with Crippen LogP contribution in [0.5, 0.6) is 5.75 Å². The van der Waals surface area contributed by atoms with E-state index in [0.29, 0.717) is 36.7 Å². The zero-order valence-electron chi connectivity index (χ0n) is 16.6. The van der Waals surface area contributed by atoms with Crippen molar-refractivity contribution in [1.82, 2.24) is 4.31 Å². The average molecular weight is 405 g/mol. The van der Waals surface area contributed by atoms with E-state index in [0.717, 1.165) is 12.8 Å². The van der Waals surface area contributed by atoms with E-state index in [9.17, 15) is 13.2 Å². The van der Waals surface area contributed by atoms with Crippen LogP contribution < -0.4 is 10.1 Å². The number of nitrogens with one attached hydrogen (secondary N) is 1. The van der Waals surface area contributed by atoms with E-state index in [4.69, 9.17) is 4.74 Å². The molecule has 0 bridgehead atoms. The second-order valence-electron chi connectivity index (χ2n) is 6.34. The third-order valence-electron chi connectivity index (χ3n) is 4.10. The summed E-state index contributed by atoms with van der Waals surface area (Å²) in [5.41, 5.74) is 1.00. The molecule has 0 aliphatic heterocycles. The molecule has 1 N–H and O–H groups in total. The number of sulfonamides is 1. The highest BCUT2D eigenvalue weighted by Gasteiger charge is 2.22. The van der Waals surface area contributed by atoms with Gasteiger partial charge in [-0.3, -0.25) is 4.79 Å². The Kier molecular flexibility index (Phi) is 8.02. The molecule has 0 aliphatic carbocycles. The highest BCUT2D eigenvalue weighted by Crippen LogP contribution is 2.20. The molecule has 0 heterocycles. The van der Waals surface area contributed by atoms with Gasteiger partial charge < -0.3 is 10.1 Å². The fourth-order valence-corrected chi connectivity index (χ4v) is 4.43. The van der Waals surface area contributed by atoms with Crippen molar-refractivity contribution in [2.75, 3.05) is 25.0 Å². The van der Waals surface area contributed by atoms with Gasteiger partial charge in [0.25, 0.3) is 5.91 Å². The molecule has 2 aromatic rings. The Labute approximate surface area is 167 Å². The molecule has 0 aromatic heterocycles. The molecule has 0 atom stereocenters. The lowest BCUT2D eigenvalue weighted by Crippen LogP contribution is -2.32. The number of hydrogen-bond acceptors (Lipinski definition) is 4. The topological polar surface area (TPSA) is 75.7 Å². The standard InChI is InChI=1S/C21H28N2O4S/c1-4-14-23(15-5-2)28(25,26)20-12-10-18(11-13-20)22-21(24)17-8-7-9-19(16-17)27-6-3/h7-13,16H,4-6,14-15H2,1-3H3,(H,22,24). The molecule has 0 fully saturated rings. The van der Waals surface area contributed by atoms with Crippen molar-refractivity contribution in [3.05, 3.63) is 54.1 Å². The van der Waals surface area contributed by atoms with Crippen LogP contribution in [0.4, 0.5) is 5.69 Å². The van der Waals surface area contributed by atoms with E-state index in [1.54, 1.807) is 36.4 Å². The van der Waals surface area contributed by atoms with Gasteiger partial charge in [-0.15, -0.1) is 0 Å². The van der Waals surface area contributed by atoms with Crippen LogP contribution in [0.25, 0.3) is 0 Å². The van der Waals surface area contributed by atoms with E-state index in [1.165, 1.54) is 16.4 Å². The maximum atomic E-state index is 12.8. The molecular formula is C21H28N2O4S. The van der Waals surface area contributed by atoms with Crippen LogP contribution in [0.1, 0.15) is 44.0 Å². The lowest BCUT2D eigenvalue weighted by Gasteiger charge is -2.21. The quantitative estimate of drug-likeness (QED) is 0.645. The van der Waals surface area contributed by atoms with Crippen LogP contribution in [-0.4, -0.2) is 38.3 Å². The fraction of sp³-hybridized carbons (Fsp3) is 0.381. The minimum Gasteiger partial charge on any atom is -0.494 e. The lowest BCUT2D eigenvalue weighted by molar-refractivity contribution is 0.102. The number of carbonyl (C=O) groups excluding carboxylic acids is 1. The molecule has 1 amide bonds. The molecule has 28 heavy (non-hydrogen) atoms. The molecule has 0 radical (unpaired) electrons. The Morgan fingerprint density at radius 2 is 1.64 bits per heavy atom. The van der Waals surface area contributed by atoms with Crippen molar-refractivity contribution in [3.63, 3.8) is 0 Å². The lowest BCUT2D eigenvalue weighted by atomic mass is 10.2. The van der Waals surface area contributed by atoms with E-state index in [2.05, 4.69) is 5.32 Å². The van der Waals surface area contributed by atoms with Crippen molar-refractivity contribution in [2.24, 2.45) is 0 Å². The molecular weight excluding hydrogens is 376 g/mol. The van der Waals surface area contributed by atoms with Crippen LogP contribution in [-0.2, 0) is 10.0 Å². The molecule has 7 heteroatoms. The summed E-state index contributed by atoms with van der Waals surface area (Å²) in [6.45, 7) is 7.29. The predicted octanol–water partition coefficient (Wildman–Crippen LogP) is 4.15. The SMILES string of the molecule is CCCN(CCC)S(=O)(=O)c1ccc(NC(=O)c2cccc(OCC)c2)cc1. The van der Waals surface area contributed by atoms with Gasteiger partial charge in [0, 0.05) is 24.3 Å². The monoisotopic (exact) mass is 404 g/mol. The third kappa shape index (κ3) is 5.56. The van der Waals surface area contributed by atoms with Gasteiger partial charge in [0.2, 0.25) is 10.0 Å². The number of anilines is 1. The van der Waals surface area contributed by atoms with Gasteiger partial charge in [0.05, 0.1) is 11.5 Å². The van der Waals surface area contributed by atoms with Gasteiger partial charge in [-0.25, -0.2) is 8.42 Å². The first-order valence-electron chi connectivity index (χ1n) is 9.56. The Bertz CT molecular complexity index is 874. The van der Waals surface area contributed by atoms with Gasteiger partial charge in [0.1, 0.15) is 5.75 Å². The molecule has 0 spiro atoms. The normalized spacial score (nSPS) is 11.4. The first-order valence-corrected chi connectivity index (χ1v) is 11.0. The fourth-order valence-electron chi connectivity index (χ4n) is 2.81. The maximum absolute atomic E-state index is 12.8. The number of carbonyl (C=O) groups is 1. The summed E-state index contributed by atoms with van der Waals surface area (Å²) in [6, 6.07) is 13.2. The number of nitrogens with zero attached hydrogens (tertiary/aromatic N) is 1. The van der Waals surface area contributed by atoms with Crippen LogP contribution in [0.15, 0.2) is 53.4 Å². The molecule has 152 valence electrons. The summed E-state index contributed by atoms with van der Waals surface area (Å²) >= 11 is 0. The Hall–Kier alpha value is -2.38. The summed E-state index contributed by atoms with van der Waals surface area (Å²) in [5.74, 6) is 0.347. The molecule has 0 unspecified atom stereocenters. The van der Waals surface area contributed by atoms with Crippen molar-refractivity contribution >= 4 is 21.6 Å². The van der Waals surface area contributed by atoms with Crippen molar-refractivity contribution in [2.45, 2.75) is 38.5 Å². The number of rotatable bonds is 10. The number of amides is 1. The summed E-state index contributed by atoms with van der Waals surface area (Å²) in [6.07, 6.45) is 1.52. The van der Waals surface area contributed by atoms with Gasteiger partial charge in [-0.2, -0.15) is 4.31 Å². The molecule has 0 saturated heterocycles. The number of hydrogen-bond donors (Lipinski definition) is 1. The van der Waals surface area contributed by atoms with Crippen molar-refractivity contribution < 1.29 is 17.9 Å². The number of benzene rings is 2. The Balaban J connectivity index is 2.13. The van der Waals surface area contributed by atoms with Crippen LogP contribution in [0.2, 0.25) is 0 Å². The van der Waals surface area contributed by atoms with Gasteiger partial charge in [-0.05, 0) is 62.2 Å². The van der Waals surface area contributed by atoms with E-state index >= 15 is 0 Å². The van der Waals surface area contributed by atoms with Crippen molar-refractivity contribution in [3.8, 4) is 5.75 Å². The summed E-state index contributed by atoms with van der Waals surface area (Å²) < 4.78 is 32.5. The van der Waals surface area contributed by atoms with E-state index < -0.39 is 10.0 Å². The molecule has 2 aromatic carbocycles. The van der Waals surface area contributed by atoms with Crippen LogP contribution in [0.3, 0.4) is 0 Å². The first-order chi connectivity index (χ1) is 13.4. The zero-order chi connectivity index (χ0) is 20.6. The third-order valence-corrected chi connectivity index (χ3v) is 6.02. The second-order valence-corrected chi connectivity index (χ2v) is 8.28. The smallest absolute Gasteiger partial charge is 0.255 e. The zero-order valence-corrected chi connectivity index (χ0v) is 17.5. The number of ether oxygens (including phenoxy) is 1. The van der Waals surface area contributed by atoms with Crippen LogP contribution in [0, 0.1) is 0 Å². The Morgan fingerprint density at radius 3 is 2.21 bits per heavy atom. The minimum atomic E-state index is -3.53. The van der Waals surface area contributed by atoms with E-state index in [-0.39, 0.29) is 10.8 Å². The first kappa shape index (κ1) is 21.9. The van der Waals surface area contributed by atoms with Crippen molar-refractivity contribution in [1.29, 1.82) is 0 Å². The minimum absolute atomic E-state index is 0.228. The van der Waals surface area contributed by atoms with Gasteiger partial charge in [0.15, 0.2) is 0 Å². The summed E-state index contributed by atoms with van der Waals surface area (Å²) in [7, 11) is -3.53. The van der Waals surface area contributed by atoms with Gasteiger partial charge in [-0.1, -0.05) is 19.9 Å². The predicted molar refractivity (Wildman–Crippen MR) is 111 cm³/mol. The second kappa shape index (κ2) is 10.2. The van der Waals surface area contributed by atoms with Gasteiger partial charge >= 0.3 is 0 Å². The molecule has 6 nitrogen and oxygen atoms in total. The van der Waals surface area contributed by atoms with Crippen LogP contribution >= 0.6 is 0 Å². The summed E-state index contributed by atoms with van der Waals surface area (Å²) in [4.78, 5) is 12.7. The molecule has 2 rings (SSSR count). The Morgan fingerprint density at radius 1 is 1.00 bits per heavy atom. The highest BCUT2D eigenvalue weighted by molar-refractivity contribution is 7.89. The maximum Gasteiger partial charge on any atom is 0.255 e. The average Bonchev–Trinajstić information content (AvgIpc) is 2.69. The largest absolute Gasteiger partial charge is 0.494 e. The molecule has 0 saturated carbocycles. The highest BCUT2D eigenvalue weighted by atomic mass is 32.2.